The second-order valence-corrected chi connectivity index (χ2v) is 12.2. The number of amides is 2. The molecule has 1 fully saturated rings. The molecule has 0 radical (unpaired) electrons. The van der Waals surface area contributed by atoms with E-state index in [1.807, 2.05) is 37.3 Å². The molecule has 16 nitrogen and oxygen atoms in total. The van der Waals surface area contributed by atoms with Gasteiger partial charge in [0.05, 0.1) is 24.4 Å². The molecule has 0 aliphatic carbocycles. The quantitative estimate of drug-likeness (QED) is 0.0508. The molecule has 1 aliphatic heterocycles. The van der Waals surface area contributed by atoms with Gasteiger partial charge in [0.15, 0.2) is 0 Å². The number of alkyl halides is 3. The van der Waals surface area contributed by atoms with Crippen molar-refractivity contribution in [2.45, 2.75) is 82.5 Å². The Labute approximate surface area is 269 Å². The van der Waals surface area contributed by atoms with E-state index in [9.17, 15) is 41.1 Å². The smallest absolute Gasteiger partial charge is 0.430 e. The number of carboxylic acid groups (broad SMARTS) is 2. The fourth-order valence-electron chi connectivity index (χ4n) is 4.08. The van der Waals surface area contributed by atoms with Crippen molar-refractivity contribution >= 4 is 39.9 Å². The lowest BCUT2D eigenvalue weighted by Gasteiger charge is -2.25. The van der Waals surface area contributed by atoms with Gasteiger partial charge in [-0.15, -0.1) is 0 Å². The number of alkyl carbamates (subject to hydrolysis) is 1. The third kappa shape index (κ3) is 17.4. The van der Waals surface area contributed by atoms with Crippen LogP contribution in [0, 0.1) is 0 Å². The van der Waals surface area contributed by atoms with Crippen molar-refractivity contribution in [3.8, 4) is 0 Å². The molecule has 47 heavy (non-hydrogen) atoms. The highest BCUT2D eigenvalue weighted by Crippen LogP contribution is 2.24. The van der Waals surface area contributed by atoms with Crippen molar-refractivity contribution in [3.05, 3.63) is 35.9 Å². The lowest BCUT2D eigenvalue weighted by atomic mass is 10.0. The average Bonchev–Trinajstić information content (AvgIpc) is 3.49. The van der Waals surface area contributed by atoms with Gasteiger partial charge in [-0.3, -0.25) is 26.0 Å². The summed E-state index contributed by atoms with van der Waals surface area (Å²) in [6, 6.07) is 7.19. The number of carbonyl (C=O) groups excluding carboxylic acids is 3. The summed E-state index contributed by atoms with van der Waals surface area (Å²) < 4.78 is 69.1. The summed E-state index contributed by atoms with van der Waals surface area (Å²) in [4.78, 5) is 48.4. The molecule has 0 saturated carbocycles. The SMILES string of the molecule is CCCCS(=O)(=O)N[C@@H](CNC(=O)[C@@H]1CC[C@H]([C@H](CCC[NH+]=C(N)N)NC(=O)OCc2ccccc2)O1)C(=O)O.O=C([O-])C(F)(F)F. The van der Waals surface area contributed by atoms with E-state index >= 15 is 0 Å². The largest absolute Gasteiger partial charge is 0.542 e. The van der Waals surface area contributed by atoms with Crippen LogP contribution in [0.3, 0.4) is 0 Å². The number of ether oxygens (including phenoxy) is 2. The first-order valence-corrected chi connectivity index (χ1v) is 16.1. The van der Waals surface area contributed by atoms with Crippen molar-refractivity contribution in [2.24, 2.45) is 11.5 Å². The Morgan fingerprint density at radius 1 is 1.15 bits per heavy atom. The molecule has 0 spiro atoms. The summed E-state index contributed by atoms with van der Waals surface area (Å²) in [6.45, 7) is 1.92. The number of rotatable bonds is 17. The summed E-state index contributed by atoms with van der Waals surface area (Å²) in [7, 11) is -3.81. The molecule has 0 aromatic heterocycles. The molecule has 1 aliphatic rings. The maximum Gasteiger partial charge on any atom is 0.430 e. The van der Waals surface area contributed by atoms with Crippen LogP contribution >= 0.6 is 0 Å². The van der Waals surface area contributed by atoms with Crippen LogP contribution in [0.4, 0.5) is 18.0 Å². The predicted molar refractivity (Wildman–Crippen MR) is 157 cm³/mol. The maximum absolute atomic E-state index is 12.7. The number of nitrogens with two attached hydrogens (primary N) is 2. The summed E-state index contributed by atoms with van der Waals surface area (Å²) in [5.41, 5.74) is 11.7. The van der Waals surface area contributed by atoms with E-state index in [0.717, 1.165) is 5.56 Å². The van der Waals surface area contributed by atoms with Crippen molar-refractivity contribution in [2.75, 3.05) is 18.8 Å². The highest BCUT2D eigenvalue weighted by Gasteiger charge is 2.37. The van der Waals surface area contributed by atoms with E-state index in [4.69, 9.17) is 30.8 Å². The van der Waals surface area contributed by atoms with Gasteiger partial charge >= 0.3 is 24.2 Å². The topological polar surface area (TPSA) is 266 Å². The van der Waals surface area contributed by atoms with Gasteiger partial charge in [-0.2, -0.15) is 17.9 Å². The molecule has 0 unspecified atom stereocenters. The predicted octanol–water partition coefficient (Wildman–Crippen LogP) is -2.45. The van der Waals surface area contributed by atoms with Crippen LogP contribution in [-0.2, 0) is 40.5 Å². The Kier molecular flexibility index (Phi) is 17.5. The summed E-state index contributed by atoms with van der Waals surface area (Å²) in [5.74, 6) is -5.12. The Hall–Kier alpha value is -4.17. The Morgan fingerprint density at radius 2 is 1.79 bits per heavy atom. The number of hydrogen-bond acceptors (Lipinski definition) is 9. The number of guanidine groups is 1. The zero-order valence-electron chi connectivity index (χ0n) is 25.6. The van der Waals surface area contributed by atoms with Gasteiger partial charge in [0.1, 0.15) is 24.7 Å². The number of hydrogen-bond donors (Lipinski definition) is 7. The number of carbonyl (C=O) groups is 4. The first-order chi connectivity index (χ1) is 21.9. The molecule has 0 bridgehead atoms. The van der Waals surface area contributed by atoms with Crippen LogP contribution in [0.5, 0.6) is 0 Å². The molecule has 9 N–H and O–H groups in total. The Morgan fingerprint density at radius 3 is 2.34 bits per heavy atom. The van der Waals surface area contributed by atoms with Crippen LogP contribution in [0.1, 0.15) is 51.0 Å². The minimum absolute atomic E-state index is 0.0768. The number of aliphatic carboxylic acids is 2. The zero-order valence-corrected chi connectivity index (χ0v) is 26.4. The number of benzene rings is 1. The number of sulfonamides is 1. The van der Waals surface area contributed by atoms with E-state index in [2.05, 4.69) is 20.3 Å². The minimum Gasteiger partial charge on any atom is -0.542 e. The fraction of sp³-hybridized carbons (Fsp3) is 0.593. The standard InChI is InChI=1S/C25H40N6O8S.C2HF3O2/c1-2-3-14-40(36,37)31-19(23(33)34)15-29-22(32)21-12-11-20(39-21)18(10-7-13-28-24(26)27)30-25(35)38-16-17-8-5-4-6-9-17;3-2(4,5)1(6)7/h4-6,8-9,18-21,31H,2-3,7,10-16H2,1H3,(H,29,32)(H,30,35)(H,33,34)(H4,26,27,28);(H,6,7)/t18-,19-,20+,21-;/m0./s1. The zero-order chi connectivity index (χ0) is 35.6. The normalized spacial score (nSPS) is 17.3. The molecule has 1 heterocycles. The van der Waals surface area contributed by atoms with Crippen LogP contribution < -0.4 is 36.9 Å². The molecular weight excluding hydrogens is 657 g/mol. The van der Waals surface area contributed by atoms with Gasteiger partial charge < -0.3 is 35.1 Å². The second kappa shape index (κ2) is 20.1. The Bertz CT molecular complexity index is 1300. The number of nitrogens with one attached hydrogen (secondary N) is 4. The average molecular weight is 699 g/mol. The highest BCUT2D eigenvalue weighted by atomic mass is 32.2. The third-order valence-corrected chi connectivity index (χ3v) is 7.90. The van der Waals surface area contributed by atoms with E-state index < -0.39 is 71.0 Å². The van der Waals surface area contributed by atoms with Gasteiger partial charge in [0.2, 0.25) is 15.9 Å². The number of carboxylic acids is 2. The summed E-state index contributed by atoms with van der Waals surface area (Å²) >= 11 is 0. The van der Waals surface area contributed by atoms with Crippen molar-refractivity contribution in [3.63, 3.8) is 0 Å². The van der Waals surface area contributed by atoms with E-state index in [0.29, 0.717) is 45.1 Å². The van der Waals surface area contributed by atoms with Crippen LogP contribution in [0.25, 0.3) is 0 Å². The third-order valence-electron chi connectivity index (χ3n) is 6.43. The minimum atomic E-state index is -5.19. The van der Waals surface area contributed by atoms with Crippen molar-refractivity contribution < 1.29 is 65.4 Å². The highest BCUT2D eigenvalue weighted by molar-refractivity contribution is 7.89. The molecule has 266 valence electrons. The van der Waals surface area contributed by atoms with Gasteiger partial charge in [0.25, 0.3) is 0 Å². The van der Waals surface area contributed by atoms with E-state index in [1.165, 1.54) is 0 Å². The van der Waals surface area contributed by atoms with Gasteiger partial charge in [-0.25, -0.2) is 13.2 Å². The van der Waals surface area contributed by atoms with Crippen LogP contribution in [0.15, 0.2) is 30.3 Å². The van der Waals surface area contributed by atoms with Crippen molar-refractivity contribution in [1.29, 1.82) is 0 Å². The Balaban J connectivity index is 0.00000141. The van der Waals surface area contributed by atoms with Crippen molar-refractivity contribution in [1.82, 2.24) is 15.4 Å². The molecule has 2 amide bonds. The fourth-order valence-corrected chi connectivity index (χ4v) is 5.48. The molecule has 1 aromatic carbocycles. The van der Waals surface area contributed by atoms with Crippen LogP contribution in [0.2, 0.25) is 0 Å². The lowest BCUT2D eigenvalue weighted by molar-refractivity contribution is -0.459. The van der Waals surface area contributed by atoms with Gasteiger partial charge in [0, 0.05) is 6.54 Å². The molecule has 4 atom stereocenters. The molecular formula is C27H41F3N6O10S. The number of halogens is 3. The maximum atomic E-state index is 12.7. The van der Waals surface area contributed by atoms with E-state index in [-0.39, 0.29) is 18.3 Å². The molecule has 20 heteroatoms. The summed E-state index contributed by atoms with van der Waals surface area (Å²) in [5, 5.41) is 23.5. The monoisotopic (exact) mass is 698 g/mol. The van der Waals surface area contributed by atoms with Gasteiger partial charge in [-0.1, -0.05) is 43.7 Å². The molecule has 1 aromatic rings. The first-order valence-electron chi connectivity index (χ1n) is 14.5. The lowest BCUT2D eigenvalue weighted by Crippen LogP contribution is -2.78. The summed E-state index contributed by atoms with van der Waals surface area (Å²) in [6.07, 6.45) is -4.39. The first kappa shape index (κ1) is 40.9. The molecule has 2 rings (SSSR count). The molecule has 1 saturated heterocycles. The second-order valence-electron chi connectivity index (χ2n) is 10.3. The van der Waals surface area contributed by atoms with Crippen LogP contribution in [-0.4, -0.2) is 92.7 Å². The number of unbranched alkanes of at least 4 members (excludes halogenated alkanes) is 1. The van der Waals surface area contributed by atoms with Gasteiger partial charge in [-0.05, 0) is 37.7 Å². The van der Waals surface area contributed by atoms with E-state index in [1.54, 1.807) is 0 Å².